The van der Waals surface area contributed by atoms with Crippen molar-refractivity contribution in [3.05, 3.63) is 65.2 Å². The summed E-state index contributed by atoms with van der Waals surface area (Å²) in [7, 11) is 4.63. The van der Waals surface area contributed by atoms with Crippen LogP contribution in [0.5, 0.6) is 11.5 Å². The number of aliphatic hydroxyl groups excluding tert-OH is 1. The van der Waals surface area contributed by atoms with Gasteiger partial charge in [0.05, 0.1) is 25.8 Å². The fraction of sp³-hybridized carbons (Fsp3) is 0.304. The topological polar surface area (TPSA) is 85.3 Å². The number of amides is 1. The summed E-state index contributed by atoms with van der Waals surface area (Å²) in [6.45, 7) is 0.753. The van der Waals surface area contributed by atoms with Gasteiger partial charge in [-0.15, -0.1) is 0 Å². The highest BCUT2D eigenvalue weighted by Crippen LogP contribution is 2.41. The number of carbonyl (C=O) groups excluding carboxylic acids is 2. The normalized spacial score (nSPS) is 18.0. The fourth-order valence-corrected chi connectivity index (χ4v) is 3.61. The van der Waals surface area contributed by atoms with E-state index in [-0.39, 0.29) is 11.3 Å². The predicted octanol–water partition coefficient (Wildman–Crippen LogP) is 3.16. The molecule has 1 amide bonds. The molecule has 7 nitrogen and oxygen atoms in total. The van der Waals surface area contributed by atoms with E-state index < -0.39 is 17.7 Å². The van der Waals surface area contributed by atoms with Crippen molar-refractivity contribution in [2.75, 3.05) is 34.5 Å². The Morgan fingerprint density at radius 3 is 2.33 bits per heavy atom. The first kappa shape index (κ1) is 21.4. The third kappa shape index (κ3) is 4.02. The summed E-state index contributed by atoms with van der Waals surface area (Å²) in [5, 5.41) is 11.0. The van der Waals surface area contributed by atoms with Crippen LogP contribution in [-0.4, -0.2) is 56.2 Å². The van der Waals surface area contributed by atoms with E-state index in [0.29, 0.717) is 42.2 Å². The zero-order valence-electron chi connectivity index (χ0n) is 17.3. The van der Waals surface area contributed by atoms with Crippen LogP contribution in [0.25, 0.3) is 5.76 Å². The lowest BCUT2D eigenvalue weighted by Gasteiger charge is -2.26. The van der Waals surface area contributed by atoms with Gasteiger partial charge in [0.25, 0.3) is 11.7 Å². The number of carbonyl (C=O) groups is 2. The van der Waals surface area contributed by atoms with Gasteiger partial charge in [0, 0.05) is 25.8 Å². The second-order valence-electron chi connectivity index (χ2n) is 6.82. The molecule has 30 heavy (non-hydrogen) atoms. The molecule has 3 rings (SSSR count). The lowest BCUT2D eigenvalue weighted by Crippen LogP contribution is -2.31. The van der Waals surface area contributed by atoms with Gasteiger partial charge in [0.15, 0.2) is 11.5 Å². The van der Waals surface area contributed by atoms with Crippen LogP contribution in [0.2, 0.25) is 0 Å². The minimum Gasteiger partial charge on any atom is -0.507 e. The van der Waals surface area contributed by atoms with E-state index >= 15 is 0 Å². The minimum atomic E-state index is -0.748. The van der Waals surface area contributed by atoms with Crippen molar-refractivity contribution in [3.63, 3.8) is 0 Å². The van der Waals surface area contributed by atoms with E-state index in [4.69, 9.17) is 14.2 Å². The van der Waals surface area contributed by atoms with Gasteiger partial charge in [0.2, 0.25) is 0 Å². The minimum absolute atomic E-state index is 0.0517. The summed E-state index contributed by atoms with van der Waals surface area (Å²) in [5.74, 6) is -0.572. The molecule has 1 aliphatic heterocycles. The van der Waals surface area contributed by atoms with Gasteiger partial charge in [0.1, 0.15) is 5.76 Å². The summed E-state index contributed by atoms with van der Waals surface area (Å²) in [4.78, 5) is 27.2. The Bertz CT molecular complexity index is 953. The molecule has 0 radical (unpaired) electrons. The Morgan fingerprint density at radius 2 is 1.70 bits per heavy atom. The van der Waals surface area contributed by atoms with E-state index in [1.165, 1.54) is 19.1 Å². The van der Waals surface area contributed by atoms with Crippen molar-refractivity contribution in [3.8, 4) is 11.5 Å². The van der Waals surface area contributed by atoms with Crippen molar-refractivity contribution in [2.24, 2.45) is 0 Å². The van der Waals surface area contributed by atoms with Gasteiger partial charge in [-0.3, -0.25) is 9.59 Å². The number of aliphatic hydroxyl groups is 1. The maximum absolute atomic E-state index is 12.9. The van der Waals surface area contributed by atoms with E-state index in [1.54, 1.807) is 49.6 Å². The molecule has 7 heteroatoms. The van der Waals surface area contributed by atoms with Gasteiger partial charge < -0.3 is 24.2 Å². The quantitative estimate of drug-likeness (QED) is 0.311. The van der Waals surface area contributed by atoms with Crippen LogP contribution < -0.4 is 9.47 Å². The lowest BCUT2D eigenvalue weighted by atomic mass is 9.95. The van der Waals surface area contributed by atoms with Gasteiger partial charge in [-0.1, -0.05) is 36.4 Å². The van der Waals surface area contributed by atoms with Crippen molar-refractivity contribution in [1.29, 1.82) is 0 Å². The molecule has 1 heterocycles. The number of methoxy groups -OCH3 is 3. The molecular formula is C23H25NO6. The number of benzene rings is 2. The van der Waals surface area contributed by atoms with Crippen LogP contribution in [0.4, 0.5) is 0 Å². The SMILES string of the molecule is COCCCN1C(=O)C(=O)/C(=C(\O)c2ccccc2)C1c1ccc(OC)c(OC)c1. The molecule has 158 valence electrons. The first-order valence-electron chi connectivity index (χ1n) is 9.58. The van der Waals surface area contributed by atoms with Crippen LogP contribution >= 0.6 is 0 Å². The standard InChI is InChI=1S/C23H25NO6/c1-28-13-7-12-24-20(16-10-11-17(29-2)18(14-16)30-3)19(22(26)23(24)27)21(25)15-8-5-4-6-9-15/h4-6,8-11,14,20,25H,7,12-13H2,1-3H3/b21-19-. The van der Waals surface area contributed by atoms with Crippen LogP contribution in [0, 0.1) is 0 Å². The number of hydrogen-bond acceptors (Lipinski definition) is 6. The van der Waals surface area contributed by atoms with Gasteiger partial charge in [-0.05, 0) is 24.1 Å². The summed E-state index contributed by atoms with van der Waals surface area (Å²) < 4.78 is 15.8. The largest absolute Gasteiger partial charge is 0.507 e. The highest BCUT2D eigenvalue weighted by molar-refractivity contribution is 6.46. The zero-order valence-corrected chi connectivity index (χ0v) is 17.3. The second kappa shape index (κ2) is 9.45. The maximum atomic E-state index is 12.9. The third-order valence-electron chi connectivity index (χ3n) is 5.06. The van der Waals surface area contributed by atoms with Crippen molar-refractivity contribution in [1.82, 2.24) is 4.90 Å². The molecule has 0 spiro atoms. The van der Waals surface area contributed by atoms with Gasteiger partial charge in [-0.25, -0.2) is 0 Å². The molecule has 1 aliphatic rings. The number of ether oxygens (including phenoxy) is 3. The van der Waals surface area contributed by atoms with Crippen LogP contribution in [0.1, 0.15) is 23.6 Å². The Labute approximate surface area is 175 Å². The first-order chi connectivity index (χ1) is 14.5. The smallest absolute Gasteiger partial charge is 0.295 e. The molecule has 2 aromatic rings. The van der Waals surface area contributed by atoms with E-state index in [2.05, 4.69) is 0 Å². The van der Waals surface area contributed by atoms with Crippen molar-refractivity contribution in [2.45, 2.75) is 12.5 Å². The number of Topliss-reactive ketones (excluding diaryl/α,β-unsaturated/α-hetero) is 1. The van der Waals surface area contributed by atoms with E-state index in [0.717, 1.165) is 0 Å². The monoisotopic (exact) mass is 411 g/mol. The predicted molar refractivity (Wildman–Crippen MR) is 111 cm³/mol. The van der Waals surface area contributed by atoms with Crippen LogP contribution in [0.15, 0.2) is 54.1 Å². The number of likely N-dealkylation sites (tertiary alicyclic amines) is 1. The summed E-state index contributed by atoms with van der Waals surface area (Å²) in [5.41, 5.74) is 1.16. The summed E-state index contributed by atoms with van der Waals surface area (Å²) >= 11 is 0. The molecule has 0 saturated carbocycles. The molecule has 0 aromatic heterocycles. The van der Waals surface area contributed by atoms with Crippen molar-refractivity contribution >= 4 is 17.4 Å². The Balaban J connectivity index is 2.15. The maximum Gasteiger partial charge on any atom is 0.295 e. The molecule has 2 aromatic carbocycles. The fourth-order valence-electron chi connectivity index (χ4n) is 3.61. The first-order valence-corrected chi connectivity index (χ1v) is 9.58. The molecule has 1 N–H and O–H groups in total. The number of nitrogens with zero attached hydrogens (tertiary/aromatic N) is 1. The van der Waals surface area contributed by atoms with E-state index in [9.17, 15) is 14.7 Å². The molecular weight excluding hydrogens is 386 g/mol. The highest BCUT2D eigenvalue weighted by atomic mass is 16.5. The van der Waals surface area contributed by atoms with Gasteiger partial charge >= 0.3 is 0 Å². The molecule has 0 bridgehead atoms. The van der Waals surface area contributed by atoms with Crippen LogP contribution in [-0.2, 0) is 14.3 Å². The molecule has 0 aliphatic carbocycles. The average molecular weight is 411 g/mol. The van der Waals surface area contributed by atoms with Gasteiger partial charge in [-0.2, -0.15) is 0 Å². The van der Waals surface area contributed by atoms with E-state index in [1.807, 2.05) is 6.07 Å². The van der Waals surface area contributed by atoms with Crippen molar-refractivity contribution < 1.29 is 28.9 Å². The Hall–Kier alpha value is -3.32. The number of rotatable bonds is 8. The highest BCUT2D eigenvalue weighted by Gasteiger charge is 2.46. The average Bonchev–Trinajstić information content (AvgIpc) is 3.03. The zero-order chi connectivity index (χ0) is 21.7. The molecule has 1 saturated heterocycles. The lowest BCUT2D eigenvalue weighted by molar-refractivity contribution is -0.140. The summed E-state index contributed by atoms with van der Waals surface area (Å²) in [6.07, 6.45) is 0.554. The molecule has 1 atom stereocenters. The Morgan fingerprint density at radius 1 is 1.00 bits per heavy atom. The summed E-state index contributed by atoms with van der Waals surface area (Å²) in [6, 6.07) is 13.2. The third-order valence-corrected chi connectivity index (χ3v) is 5.06. The number of hydrogen-bond donors (Lipinski definition) is 1. The Kier molecular flexibility index (Phi) is 6.74. The molecule has 1 unspecified atom stereocenters. The second-order valence-corrected chi connectivity index (χ2v) is 6.82. The van der Waals surface area contributed by atoms with Crippen LogP contribution in [0.3, 0.4) is 0 Å². The number of ketones is 1. The molecule has 1 fully saturated rings.